The highest BCUT2D eigenvalue weighted by Gasteiger charge is 2.25. The number of aliphatic hydroxyl groups is 1. The number of benzene rings is 2. The van der Waals surface area contributed by atoms with Crippen molar-refractivity contribution in [3.8, 4) is 17.2 Å². The van der Waals surface area contributed by atoms with E-state index < -0.39 is 0 Å². The lowest BCUT2D eigenvalue weighted by Crippen LogP contribution is -2.14. The molecular weight excluding hydrogens is 292 g/mol. The molecule has 2 unspecified atom stereocenters. The van der Waals surface area contributed by atoms with Gasteiger partial charge in [0.05, 0.1) is 0 Å². The molecule has 0 aromatic heterocycles. The molecule has 2 atom stereocenters. The molecule has 4 nitrogen and oxygen atoms in total. The quantitative estimate of drug-likeness (QED) is 0.647. The van der Waals surface area contributed by atoms with Gasteiger partial charge in [-0.2, -0.15) is 0 Å². The molecule has 3 rings (SSSR count). The van der Waals surface area contributed by atoms with Gasteiger partial charge in [-0.25, -0.2) is 0 Å². The van der Waals surface area contributed by atoms with Gasteiger partial charge in [0.25, 0.3) is 0 Å². The third kappa shape index (κ3) is 3.16. The maximum Gasteiger partial charge on any atom is 0.157 e. The Morgan fingerprint density at radius 2 is 1.52 bits per heavy atom. The van der Waals surface area contributed by atoms with Crippen molar-refractivity contribution in [1.29, 1.82) is 0 Å². The number of rotatable bonds is 3. The lowest BCUT2D eigenvalue weighted by molar-refractivity contribution is 0.401. The zero-order chi connectivity index (χ0) is 16.4. The highest BCUT2D eigenvalue weighted by atomic mass is 16.3. The molecule has 0 saturated carbocycles. The van der Waals surface area contributed by atoms with E-state index in [1.165, 1.54) is 6.07 Å². The lowest BCUT2D eigenvalue weighted by Gasteiger charge is -2.27. The molecule has 118 valence electrons. The van der Waals surface area contributed by atoms with E-state index >= 15 is 0 Å². The van der Waals surface area contributed by atoms with Crippen LogP contribution in [0.5, 0.6) is 17.2 Å². The highest BCUT2D eigenvalue weighted by Crippen LogP contribution is 2.40. The number of hydrogen-bond donors (Lipinski definition) is 4. The number of hydrogen-bond acceptors (Lipinski definition) is 4. The Labute approximate surface area is 134 Å². The zero-order valence-corrected chi connectivity index (χ0v) is 12.4. The van der Waals surface area contributed by atoms with Gasteiger partial charge in [-0.3, -0.25) is 0 Å². The van der Waals surface area contributed by atoms with E-state index in [1.807, 2.05) is 18.2 Å². The second-order valence-corrected chi connectivity index (χ2v) is 5.71. The second kappa shape index (κ2) is 6.08. The van der Waals surface area contributed by atoms with Crippen LogP contribution < -0.4 is 0 Å². The molecule has 0 bridgehead atoms. The molecule has 0 heterocycles. The van der Waals surface area contributed by atoms with Crippen molar-refractivity contribution in [2.24, 2.45) is 5.92 Å². The minimum absolute atomic E-state index is 0.0669. The van der Waals surface area contributed by atoms with Crippen molar-refractivity contribution >= 4 is 0 Å². The fourth-order valence-electron chi connectivity index (χ4n) is 2.98. The Morgan fingerprint density at radius 1 is 0.826 bits per heavy atom. The first-order chi connectivity index (χ1) is 11.0. The van der Waals surface area contributed by atoms with Crippen molar-refractivity contribution in [3.63, 3.8) is 0 Å². The van der Waals surface area contributed by atoms with Crippen LogP contribution in [-0.2, 0) is 0 Å². The summed E-state index contributed by atoms with van der Waals surface area (Å²) in [7, 11) is 0. The highest BCUT2D eigenvalue weighted by molar-refractivity contribution is 5.46. The first-order valence-corrected chi connectivity index (χ1v) is 7.43. The number of aromatic hydroxyl groups is 3. The molecule has 1 aliphatic rings. The first kappa shape index (κ1) is 15.0. The molecule has 0 fully saturated rings. The SMILES string of the molecule is OC1=CCC(C(c2ccc(O)cc2)c2ccc(O)c(O)c2)C=C1. The molecule has 4 heteroatoms. The first-order valence-electron chi connectivity index (χ1n) is 7.43. The predicted molar refractivity (Wildman–Crippen MR) is 87.7 cm³/mol. The van der Waals surface area contributed by atoms with Gasteiger partial charge in [0, 0.05) is 5.92 Å². The molecule has 4 N–H and O–H groups in total. The van der Waals surface area contributed by atoms with Crippen LogP contribution in [-0.4, -0.2) is 20.4 Å². The summed E-state index contributed by atoms with van der Waals surface area (Å²) in [5.74, 6) is 0.151. The largest absolute Gasteiger partial charge is 0.508 e. The summed E-state index contributed by atoms with van der Waals surface area (Å²) in [6.45, 7) is 0. The predicted octanol–water partition coefficient (Wildman–Crippen LogP) is 3.95. The van der Waals surface area contributed by atoms with E-state index in [-0.39, 0.29) is 34.8 Å². The number of phenolic OH excluding ortho intramolecular Hbond substituents is 3. The molecule has 0 aliphatic heterocycles. The maximum absolute atomic E-state index is 9.82. The van der Waals surface area contributed by atoms with E-state index in [9.17, 15) is 20.4 Å². The Morgan fingerprint density at radius 3 is 2.13 bits per heavy atom. The van der Waals surface area contributed by atoms with Gasteiger partial charge in [-0.15, -0.1) is 0 Å². The van der Waals surface area contributed by atoms with Crippen molar-refractivity contribution in [2.75, 3.05) is 0 Å². The minimum Gasteiger partial charge on any atom is -0.508 e. The van der Waals surface area contributed by atoms with Crippen LogP contribution in [0.15, 0.2) is 66.5 Å². The standard InChI is InChI=1S/C19H18O4/c20-15-6-1-12(2-7-15)19(13-3-8-16(21)9-4-13)14-5-10-17(22)18(23)11-14/h1-3,5-11,13,19-23H,4H2. The summed E-state index contributed by atoms with van der Waals surface area (Å²) in [4.78, 5) is 0. The summed E-state index contributed by atoms with van der Waals surface area (Å²) in [6, 6.07) is 11.7. The average Bonchev–Trinajstić information content (AvgIpc) is 2.55. The van der Waals surface area contributed by atoms with E-state index in [1.54, 1.807) is 36.4 Å². The molecule has 2 aromatic carbocycles. The summed E-state index contributed by atoms with van der Waals surface area (Å²) >= 11 is 0. The number of phenols is 3. The van der Waals surface area contributed by atoms with Crippen molar-refractivity contribution in [1.82, 2.24) is 0 Å². The topological polar surface area (TPSA) is 80.9 Å². The van der Waals surface area contributed by atoms with Crippen LogP contribution in [0.25, 0.3) is 0 Å². The Balaban J connectivity index is 2.04. The molecule has 0 amide bonds. The van der Waals surface area contributed by atoms with Crippen LogP contribution in [0.1, 0.15) is 23.5 Å². The second-order valence-electron chi connectivity index (χ2n) is 5.71. The Hall–Kier alpha value is -2.88. The van der Waals surface area contributed by atoms with Crippen LogP contribution >= 0.6 is 0 Å². The minimum atomic E-state index is -0.163. The fourth-order valence-corrected chi connectivity index (χ4v) is 2.98. The van der Waals surface area contributed by atoms with E-state index in [4.69, 9.17) is 0 Å². The normalized spacial score (nSPS) is 18.4. The van der Waals surface area contributed by atoms with Crippen LogP contribution in [0.3, 0.4) is 0 Å². The molecule has 23 heavy (non-hydrogen) atoms. The van der Waals surface area contributed by atoms with Crippen molar-refractivity contribution in [3.05, 3.63) is 77.6 Å². The van der Waals surface area contributed by atoms with Crippen molar-refractivity contribution < 1.29 is 20.4 Å². The van der Waals surface area contributed by atoms with Crippen LogP contribution in [0.4, 0.5) is 0 Å². The summed E-state index contributed by atoms with van der Waals surface area (Å²) < 4.78 is 0. The average molecular weight is 310 g/mol. The van der Waals surface area contributed by atoms with Gasteiger partial charge in [0.1, 0.15) is 11.5 Å². The zero-order valence-electron chi connectivity index (χ0n) is 12.4. The Kier molecular flexibility index (Phi) is 3.98. The summed E-state index contributed by atoms with van der Waals surface area (Å²) in [5, 5.41) is 38.4. The smallest absolute Gasteiger partial charge is 0.157 e. The molecule has 2 aromatic rings. The third-order valence-corrected chi connectivity index (χ3v) is 4.15. The van der Waals surface area contributed by atoms with Crippen molar-refractivity contribution in [2.45, 2.75) is 12.3 Å². The molecule has 0 spiro atoms. The molecule has 0 saturated heterocycles. The maximum atomic E-state index is 9.82. The molecule has 1 aliphatic carbocycles. The lowest BCUT2D eigenvalue weighted by atomic mass is 9.77. The monoisotopic (exact) mass is 310 g/mol. The Bertz CT molecular complexity index is 759. The van der Waals surface area contributed by atoms with Gasteiger partial charge < -0.3 is 20.4 Å². The van der Waals surface area contributed by atoms with Crippen LogP contribution in [0, 0.1) is 5.92 Å². The van der Waals surface area contributed by atoms with Gasteiger partial charge in [0.15, 0.2) is 11.5 Å². The van der Waals surface area contributed by atoms with Gasteiger partial charge in [-0.1, -0.05) is 24.3 Å². The summed E-state index contributed by atoms with van der Waals surface area (Å²) in [5.41, 5.74) is 1.84. The van der Waals surface area contributed by atoms with E-state index in [2.05, 4.69) is 0 Å². The number of aliphatic hydroxyl groups excluding tert-OH is 1. The fraction of sp³-hybridized carbons (Fsp3) is 0.158. The van der Waals surface area contributed by atoms with Gasteiger partial charge in [-0.05, 0) is 59.9 Å². The molecule has 0 radical (unpaired) electrons. The van der Waals surface area contributed by atoms with Gasteiger partial charge >= 0.3 is 0 Å². The van der Waals surface area contributed by atoms with Crippen LogP contribution in [0.2, 0.25) is 0 Å². The third-order valence-electron chi connectivity index (χ3n) is 4.15. The molecular formula is C19H18O4. The van der Waals surface area contributed by atoms with Gasteiger partial charge in [0.2, 0.25) is 0 Å². The van der Waals surface area contributed by atoms with E-state index in [0.29, 0.717) is 6.42 Å². The number of allylic oxidation sites excluding steroid dienone is 3. The summed E-state index contributed by atoms with van der Waals surface area (Å²) in [6.07, 6.45) is 6.03. The van der Waals surface area contributed by atoms with E-state index in [0.717, 1.165) is 11.1 Å².